The van der Waals surface area contributed by atoms with E-state index in [4.69, 9.17) is 0 Å². The van der Waals surface area contributed by atoms with Gasteiger partial charge in [0.2, 0.25) is 0 Å². The van der Waals surface area contributed by atoms with E-state index in [1.165, 1.54) is 9.13 Å². The summed E-state index contributed by atoms with van der Waals surface area (Å²) in [5.41, 5.74) is 3.37. The van der Waals surface area contributed by atoms with E-state index in [9.17, 15) is 0 Å². The van der Waals surface area contributed by atoms with Crippen molar-refractivity contribution in [2.45, 2.75) is 5.33 Å². The number of alkyl halides is 1. The Hall–Kier alpha value is 0.380. The van der Waals surface area contributed by atoms with Gasteiger partial charge in [0, 0.05) is 8.90 Å². The summed E-state index contributed by atoms with van der Waals surface area (Å²) in [5.74, 6) is 0. The molecule has 13 heavy (non-hydrogen) atoms. The molecular formula is C8H5Br2IN2. The lowest BCUT2D eigenvalue weighted by molar-refractivity contribution is 1.26. The molecule has 0 aliphatic rings. The molecule has 0 spiro atoms. The van der Waals surface area contributed by atoms with Crippen molar-refractivity contribution in [2.75, 3.05) is 0 Å². The largest absolute Gasteiger partial charge is 0.332 e. The van der Waals surface area contributed by atoms with E-state index < -0.39 is 0 Å². The van der Waals surface area contributed by atoms with Crippen LogP contribution in [0.1, 0.15) is 5.56 Å². The number of hydrogen-bond donors (Lipinski definition) is 1. The Morgan fingerprint density at radius 2 is 2.23 bits per heavy atom. The molecular weight excluding hydrogens is 411 g/mol. The molecule has 5 heteroatoms. The summed E-state index contributed by atoms with van der Waals surface area (Å²) in [6, 6.07) is 4.15. The second kappa shape index (κ2) is 3.86. The van der Waals surface area contributed by atoms with E-state index in [-0.39, 0.29) is 0 Å². The lowest BCUT2D eigenvalue weighted by atomic mass is 10.2. The normalized spacial score (nSPS) is 11.0. The number of aromatic amines is 1. The lowest BCUT2D eigenvalue weighted by Gasteiger charge is -1.99. The van der Waals surface area contributed by atoms with Crippen molar-refractivity contribution in [2.24, 2.45) is 0 Å². The Morgan fingerprint density at radius 3 is 2.92 bits per heavy atom. The van der Waals surface area contributed by atoms with E-state index in [1.807, 2.05) is 6.07 Å². The molecule has 2 aromatic rings. The summed E-state index contributed by atoms with van der Waals surface area (Å²) in [6.45, 7) is 0. The average molecular weight is 416 g/mol. The quantitative estimate of drug-likeness (QED) is 0.556. The zero-order valence-corrected chi connectivity index (χ0v) is 11.8. The van der Waals surface area contributed by atoms with Crippen LogP contribution >= 0.6 is 54.5 Å². The molecule has 1 N–H and O–H groups in total. The van der Waals surface area contributed by atoms with Crippen LogP contribution in [0.4, 0.5) is 0 Å². The molecule has 1 aromatic carbocycles. The highest BCUT2D eigenvalue weighted by atomic mass is 127. The van der Waals surface area contributed by atoms with Gasteiger partial charge in [0.05, 0.1) is 5.52 Å². The number of hydrogen-bond acceptors (Lipinski definition) is 1. The molecule has 0 amide bonds. The molecule has 0 unspecified atom stereocenters. The molecule has 2 nitrogen and oxygen atoms in total. The number of benzene rings is 1. The molecule has 2 rings (SSSR count). The fraction of sp³-hybridized carbons (Fsp3) is 0.125. The Kier molecular flexibility index (Phi) is 2.94. The second-order valence-corrected chi connectivity index (χ2v) is 4.99. The molecule has 0 radical (unpaired) electrons. The van der Waals surface area contributed by atoms with Crippen LogP contribution in [0.2, 0.25) is 0 Å². The minimum absolute atomic E-state index is 0.784. The Labute approximate surface area is 106 Å². The summed E-state index contributed by atoms with van der Waals surface area (Å²) in [4.78, 5) is 7.49. The maximum absolute atomic E-state index is 4.35. The van der Waals surface area contributed by atoms with Crippen molar-refractivity contribution in [3.05, 3.63) is 26.0 Å². The van der Waals surface area contributed by atoms with E-state index in [0.29, 0.717) is 0 Å². The van der Waals surface area contributed by atoms with Crippen molar-refractivity contribution >= 4 is 65.5 Å². The fourth-order valence-corrected chi connectivity index (χ4v) is 3.32. The minimum Gasteiger partial charge on any atom is -0.332 e. The molecule has 1 heterocycles. The summed E-state index contributed by atoms with van der Waals surface area (Å²) in [5, 5.41) is 0.867. The highest BCUT2D eigenvalue weighted by molar-refractivity contribution is 14.1. The monoisotopic (exact) mass is 414 g/mol. The molecule has 0 fully saturated rings. The van der Waals surface area contributed by atoms with Crippen molar-refractivity contribution in [1.82, 2.24) is 9.97 Å². The zero-order chi connectivity index (χ0) is 9.42. The standard InChI is InChI=1S/C8H5Br2IN2/c9-3-4-1-2-5-7(6(4)11)13-8(10)12-5/h1-2H,3H2,(H,12,13). The zero-order valence-electron chi connectivity index (χ0n) is 6.44. The third-order valence-corrected chi connectivity index (χ3v) is 3.97. The van der Waals surface area contributed by atoms with Crippen molar-refractivity contribution in [3.63, 3.8) is 0 Å². The fourth-order valence-electron chi connectivity index (χ4n) is 1.16. The Balaban J connectivity index is 2.78. The van der Waals surface area contributed by atoms with Gasteiger partial charge in [-0.25, -0.2) is 4.98 Å². The number of rotatable bonds is 1. The number of imidazole rings is 1. The topological polar surface area (TPSA) is 28.7 Å². The van der Waals surface area contributed by atoms with Crippen LogP contribution in [0.25, 0.3) is 11.0 Å². The van der Waals surface area contributed by atoms with Crippen LogP contribution in [-0.4, -0.2) is 9.97 Å². The van der Waals surface area contributed by atoms with E-state index >= 15 is 0 Å². The predicted molar refractivity (Wildman–Crippen MR) is 69.1 cm³/mol. The van der Waals surface area contributed by atoms with E-state index in [1.54, 1.807) is 0 Å². The Morgan fingerprint density at radius 1 is 1.46 bits per heavy atom. The average Bonchev–Trinajstić information content (AvgIpc) is 2.47. The minimum atomic E-state index is 0.784. The molecule has 1 aromatic heterocycles. The van der Waals surface area contributed by atoms with Crippen LogP contribution in [0, 0.1) is 3.57 Å². The molecule has 0 atom stereocenters. The van der Waals surface area contributed by atoms with Gasteiger partial charge in [-0.2, -0.15) is 0 Å². The molecule has 0 saturated carbocycles. The number of nitrogens with one attached hydrogen (secondary N) is 1. The van der Waals surface area contributed by atoms with Gasteiger partial charge in [-0.1, -0.05) is 22.0 Å². The Bertz CT molecular complexity index is 453. The van der Waals surface area contributed by atoms with Gasteiger partial charge in [0.1, 0.15) is 5.52 Å². The van der Waals surface area contributed by atoms with Gasteiger partial charge in [-0.3, -0.25) is 0 Å². The first-order valence-corrected chi connectivity index (χ1v) is 6.60. The molecule has 68 valence electrons. The number of fused-ring (bicyclic) bond motifs is 1. The SMILES string of the molecule is BrCc1ccc2[nH]c(Br)nc2c1I. The van der Waals surface area contributed by atoms with Crippen molar-refractivity contribution in [3.8, 4) is 0 Å². The summed E-state index contributed by atoms with van der Waals surface area (Å²) < 4.78 is 1.99. The number of halogens is 3. The maximum Gasteiger partial charge on any atom is 0.175 e. The smallest absolute Gasteiger partial charge is 0.175 e. The summed E-state index contributed by atoms with van der Waals surface area (Å²) in [6.07, 6.45) is 0. The van der Waals surface area contributed by atoms with Gasteiger partial charge < -0.3 is 4.98 Å². The molecule has 0 aliphatic heterocycles. The van der Waals surface area contributed by atoms with Crippen LogP contribution in [0.15, 0.2) is 16.9 Å². The molecule has 0 saturated heterocycles. The van der Waals surface area contributed by atoms with Crippen LogP contribution in [0.3, 0.4) is 0 Å². The lowest BCUT2D eigenvalue weighted by Crippen LogP contribution is -1.85. The number of nitrogens with zero attached hydrogens (tertiary/aromatic N) is 1. The van der Waals surface area contributed by atoms with Gasteiger partial charge >= 0.3 is 0 Å². The first-order chi connectivity index (χ1) is 6.22. The van der Waals surface area contributed by atoms with Crippen LogP contribution in [-0.2, 0) is 5.33 Å². The van der Waals surface area contributed by atoms with Gasteiger partial charge in [0.25, 0.3) is 0 Å². The highest BCUT2D eigenvalue weighted by Gasteiger charge is 2.07. The molecule has 0 aliphatic carbocycles. The van der Waals surface area contributed by atoms with Gasteiger partial charge in [-0.15, -0.1) is 0 Å². The maximum atomic E-state index is 4.35. The first kappa shape index (κ1) is 9.92. The highest BCUT2D eigenvalue weighted by Crippen LogP contribution is 2.25. The summed E-state index contributed by atoms with van der Waals surface area (Å²) >= 11 is 9.09. The number of aromatic nitrogens is 2. The number of H-pyrrole nitrogens is 1. The van der Waals surface area contributed by atoms with Crippen LogP contribution in [0.5, 0.6) is 0 Å². The van der Waals surface area contributed by atoms with E-state index in [2.05, 4.69) is 70.5 Å². The van der Waals surface area contributed by atoms with Gasteiger partial charge in [0.15, 0.2) is 4.73 Å². The van der Waals surface area contributed by atoms with Crippen molar-refractivity contribution < 1.29 is 0 Å². The van der Waals surface area contributed by atoms with E-state index in [0.717, 1.165) is 21.1 Å². The van der Waals surface area contributed by atoms with Crippen molar-refractivity contribution in [1.29, 1.82) is 0 Å². The molecule has 0 bridgehead atoms. The predicted octanol–water partition coefficient (Wildman–Crippen LogP) is 3.82. The third-order valence-electron chi connectivity index (χ3n) is 1.79. The third kappa shape index (κ3) is 1.78. The van der Waals surface area contributed by atoms with Gasteiger partial charge in [-0.05, 0) is 50.2 Å². The van der Waals surface area contributed by atoms with Crippen LogP contribution < -0.4 is 0 Å². The first-order valence-electron chi connectivity index (χ1n) is 3.61. The second-order valence-electron chi connectivity index (χ2n) is 2.60. The summed E-state index contributed by atoms with van der Waals surface area (Å²) in [7, 11) is 0.